The molecule has 32 heavy (non-hydrogen) atoms. The maximum atomic E-state index is 13.1. The standard InChI is InChI=1S/C24H34FN5O.HI/c1-3-15-31-23-10-7-20(16-27-23)17-28-24(26-4-2)29-22-11-13-30(14-12-22)18-19-5-8-21(25)9-6-19;/h5-10,16,22H,3-4,11-15,17-18H2,1-2H3,(H2,26,28,29);1H. The molecule has 1 aromatic heterocycles. The number of nitrogens with zero attached hydrogens (tertiary/aromatic N) is 3. The first-order chi connectivity index (χ1) is 15.2. The van der Waals surface area contributed by atoms with Crippen LogP contribution in [0.1, 0.15) is 44.2 Å². The first kappa shape index (κ1) is 26.3. The monoisotopic (exact) mass is 555 g/mol. The fourth-order valence-electron chi connectivity index (χ4n) is 3.56. The van der Waals surface area contributed by atoms with Gasteiger partial charge < -0.3 is 15.4 Å². The Balaban J connectivity index is 0.00000363. The second-order valence-electron chi connectivity index (χ2n) is 7.87. The molecule has 1 aliphatic rings. The highest BCUT2D eigenvalue weighted by molar-refractivity contribution is 14.0. The van der Waals surface area contributed by atoms with E-state index in [4.69, 9.17) is 9.73 Å². The van der Waals surface area contributed by atoms with Gasteiger partial charge in [0.05, 0.1) is 13.2 Å². The largest absolute Gasteiger partial charge is 0.478 e. The Bertz CT molecular complexity index is 808. The predicted octanol–water partition coefficient (Wildman–Crippen LogP) is 4.35. The number of hydrogen-bond acceptors (Lipinski definition) is 4. The van der Waals surface area contributed by atoms with Gasteiger partial charge in [-0.15, -0.1) is 24.0 Å². The van der Waals surface area contributed by atoms with Gasteiger partial charge in [-0.25, -0.2) is 14.4 Å². The van der Waals surface area contributed by atoms with Crippen LogP contribution in [-0.4, -0.2) is 48.1 Å². The van der Waals surface area contributed by atoms with E-state index in [1.54, 1.807) is 0 Å². The number of guanidine groups is 1. The first-order valence-corrected chi connectivity index (χ1v) is 11.3. The number of halogens is 2. The lowest BCUT2D eigenvalue weighted by Gasteiger charge is -2.33. The quantitative estimate of drug-likeness (QED) is 0.274. The molecule has 2 heterocycles. The summed E-state index contributed by atoms with van der Waals surface area (Å²) < 4.78 is 18.6. The zero-order valence-corrected chi connectivity index (χ0v) is 21.3. The molecule has 0 spiro atoms. The number of aliphatic imine (C=N–C) groups is 1. The molecular formula is C24H35FIN5O. The number of benzene rings is 1. The summed E-state index contributed by atoms with van der Waals surface area (Å²) in [5.41, 5.74) is 2.21. The van der Waals surface area contributed by atoms with Gasteiger partial charge >= 0.3 is 0 Å². The average Bonchev–Trinajstić information content (AvgIpc) is 2.80. The van der Waals surface area contributed by atoms with Gasteiger partial charge in [-0.3, -0.25) is 4.90 Å². The molecule has 0 atom stereocenters. The number of pyridine rings is 1. The van der Waals surface area contributed by atoms with Crippen molar-refractivity contribution in [3.05, 3.63) is 59.5 Å². The number of ether oxygens (including phenoxy) is 1. The van der Waals surface area contributed by atoms with Gasteiger partial charge in [0.15, 0.2) is 5.96 Å². The summed E-state index contributed by atoms with van der Waals surface area (Å²) in [5.74, 6) is 1.32. The SMILES string of the molecule is CCCOc1ccc(CN=C(NCC)NC2CCN(Cc3ccc(F)cc3)CC2)cn1.I. The average molecular weight is 555 g/mol. The van der Waals surface area contributed by atoms with Crippen LogP contribution < -0.4 is 15.4 Å². The van der Waals surface area contributed by atoms with Crippen molar-refractivity contribution in [2.75, 3.05) is 26.2 Å². The van der Waals surface area contributed by atoms with Gasteiger partial charge in [-0.2, -0.15) is 0 Å². The van der Waals surface area contributed by atoms with Crippen molar-refractivity contribution in [2.45, 2.75) is 52.2 Å². The lowest BCUT2D eigenvalue weighted by atomic mass is 10.0. The van der Waals surface area contributed by atoms with Crippen LogP contribution in [0, 0.1) is 5.82 Å². The van der Waals surface area contributed by atoms with E-state index in [9.17, 15) is 4.39 Å². The van der Waals surface area contributed by atoms with Gasteiger partial charge in [-0.05, 0) is 49.4 Å². The van der Waals surface area contributed by atoms with E-state index in [2.05, 4.69) is 34.4 Å². The summed E-state index contributed by atoms with van der Waals surface area (Å²) in [6.45, 7) is 9.11. The Morgan fingerprint density at radius 1 is 1.12 bits per heavy atom. The van der Waals surface area contributed by atoms with Crippen molar-refractivity contribution in [2.24, 2.45) is 4.99 Å². The fraction of sp³-hybridized carbons (Fsp3) is 0.500. The lowest BCUT2D eigenvalue weighted by molar-refractivity contribution is 0.198. The Labute approximate surface area is 208 Å². The highest BCUT2D eigenvalue weighted by Crippen LogP contribution is 2.15. The van der Waals surface area contributed by atoms with Crippen LogP contribution in [0.5, 0.6) is 5.88 Å². The summed E-state index contributed by atoms with van der Waals surface area (Å²) in [7, 11) is 0. The Morgan fingerprint density at radius 3 is 2.47 bits per heavy atom. The molecule has 8 heteroatoms. The normalized spacial score (nSPS) is 15.2. The van der Waals surface area contributed by atoms with Crippen molar-refractivity contribution in [3.63, 3.8) is 0 Å². The zero-order valence-electron chi connectivity index (χ0n) is 19.0. The van der Waals surface area contributed by atoms with Gasteiger partial charge in [-0.1, -0.05) is 25.1 Å². The minimum atomic E-state index is -0.182. The maximum Gasteiger partial charge on any atom is 0.213 e. The summed E-state index contributed by atoms with van der Waals surface area (Å²) in [5, 5.41) is 6.92. The molecular weight excluding hydrogens is 520 g/mol. The van der Waals surface area contributed by atoms with E-state index >= 15 is 0 Å². The lowest BCUT2D eigenvalue weighted by Crippen LogP contribution is -2.48. The Morgan fingerprint density at radius 2 is 1.84 bits per heavy atom. The summed E-state index contributed by atoms with van der Waals surface area (Å²) >= 11 is 0. The number of rotatable bonds is 9. The van der Waals surface area contributed by atoms with Crippen molar-refractivity contribution >= 4 is 29.9 Å². The minimum absolute atomic E-state index is 0. The van der Waals surface area contributed by atoms with Crippen molar-refractivity contribution in [3.8, 4) is 5.88 Å². The number of piperidine rings is 1. The molecule has 1 fully saturated rings. The third-order valence-electron chi connectivity index (χ3n) is 5.26. The number of aromatic nitrogens is 1. The summed E-state index contributed by atoms with van der Waals surface area (Å²) in [6, 6.07) is 11.1. The Kier molecular flexibility index (Phi) is 11.7. The predicted molar refractivity (Wildman–Crippen MR) is 138 cm³/mol. The van der Waals surface area contributed by atoms with E-state index in [0.717, 1.165) is 62.5 Å². The molecule has 1 saturated heterocycles. The van der Waals surface area contributed by atoms with Crippen molar-refractivity contribution in [1.29, 1.82) is 0 Å². The van der Waals surface area contributed by atoms with Gasteiger partial charge in [0.25, 0.3) is 0 Å². The molecule has 1 aliphatic heterocycles. The van der Waals surface area contributed by atoms with E-state index in [-0.39, 0.29) is 29.8 Å². The zero-order chi connectivity index (χ0) is 21.9. The van der Waals surface area contributed by atoms with E-state index < -0.39 is 0 Å². The van der Waals surface area contributed by atoms with E-state index in [0.29, 0.717) is 25.1 Å². The number of hydrogen-bond donors (Lipinski definition) is 2. The molecule has 1 aromatic carbocycles. The Hall–Kier alpha value is -1.94. The third-order valence-corrected chi connectivity index (χ3v) is 5.26. The second kappa shape index (κ2) is 14.3. The highest BCUT2D eigenvalue weighted by Gasteiger charge is 2.20. The molecule has 2 aromatic rings. The minimum Gasteiger partial charge on any atom is -0.478 e. The molecule has 0 saturated carbocycles. The molecule has 0 radical (unpaired) electrons. The summed E-state index contributed by atoms with van der Waals surface area (Å²) in [6.07, 6.45) is 4.90. The van der Waals surface area contributed by atoms with E-state index in [1.807, 2.05) is 30.5 Å². The van der Waals surface area contributed by atoms with Crippen LogP contribution in [0.15, 0.2) is 47.6 Å². The maximum absolute atomic E-state index is 13.1. The van der Waals surface area contributed by atoms with Crippen LogP contribution in [0.4, 0.5) is 4.39 Å². The van der Waals surface area contributed by atoms with E-state index in [1.165, 1.54) is 12.1 Å². The van der Waals surface area contributed by atoms with Gasteiger partial charge in [0.2, 0.25) is 5.88 Å². The molecule has 176 valence electrons. The molecule has 0 bridgehead atoms. The van der Waals surface area contributed by atoms with Gasteiger partial charge in [0.1, 0.15) is 5.82 Å². The van der Waals surface area contributed by atoms with Crippen LogP contribution in [-0.2, 0) is 13.1 Å². The molecule has 3 rings (SSSR count). The van der Waals surface area contributed by atoms with Crippen LogP contribution >= 0.6 is 24.0 Å². The summed E-state index contributed by atoms with van der Waals surface area (Å²) in [4.78, 5) is 11.5. The molecule has 2 N–H and O–H groups in total. The third kappa shape index (κ3) is 8.90. The van der Waals surface area contributed by atoms with Gasteiger partial charge in [0, 0.05) is 44.5 Å². The second-order valence-corrected chi connectivity index (χ2v) is 7.87. The first-order valence-electron chi connectivity index (χ1n) is 11.3. The topological polar surface area (TPSA) is 61.8 Å². The molecule has 0 unspecified atom stereocenters. The molecule has 0 aliphatic carbocycles. The van der Waals surface area contributed by atoms with Crippen molar-refractivity contribution in [1.82, 2.24) is 20.5 Å². The van der Waals surface area contributed by atoms with Crippen LogP contribution in [0.25, 0.3) is 0 Å². The molecule has 0 amide bonds. The highest BCUT2D eigenvalue weighted by atomic mass is 127. The number of nitrogens with one attached hydrogen (secondary N) is 2. The van der Waals surface area contributed by atoms with Crippen LogP contribution in [0.2, 0.25) is 0 Å². The fourth-order valence-corrected chi connectivity index (χ4v) is 3.56. The molecule has 6 nitrogen and oxygen atoms in total. The van der Waals surface area contributed by atoms with Crippen molar-refractivity contribution < 1.29 is 9.13 Å². The van der Waals surface area contributed by atoms with Crippen LogP contribution in [0.3, 0.4) is 0 Å². The number of likely N-dealkylation sites (tertiary alicyclic amines) is 1. The smallest absolute Gasteiger partial charge is 0.213 e.